The van der Waals surface area contributed by atoms with Crippen LogP contribution in [0.5, 0.6) is 5.19 Å². The largest absolute Gasteiger partial charge is 0.469 e. The highest BCUT2D eigenvalue weighted by Gasteiger charge is 1.99. The zero-order valence-electron chi connectivity index (χ0n) is 5.50. The van der Waals surface area contributed by atoms with Crippen LogP contribution in [0.4, 0.5) is 0 Å². The molecule has 0 fully saturated rings. The minimum atomic E-state index is 0.633. The van der Waals surface area contributed by atoms with Gasteiger partial charge in [-0.3, -0.25) is 0 Å². The standard InChI is InChI=1S/C5H7BrN2OS/c1-2-3-9-5-8-7-4(6)10-5/h2-3H2,1H3. The third kappa shape index (κ3) is 2.22. The molecule has 0 unspecified atom stereocenters. The van der Waals surface area contributed by atoms with Crippen molar-refractivity contribution in [3.8, 4) is 5.19 Å². The molecule has 1 aromatic rings. The van der Waals surface area contributed by atoms with Crippen LogP contribution in [0.15, 0.2) is 3.92 Å². The molecule has 0 aliphatic heterocycles. The zero-order chi connectivity index (χ0) is 7.40. The lowest BCUT2D eigenvalue weighted by Crippen LogP contribution is -1.93. The average molecular weight is 223 g/mol. The number of nitrogens with zero attached hydrogens (tertiary/aromatic N) is 2. The summed E-state index contributed by atoms with van der Waals surface area (Å²) in [6, 6.07) is 0. The molecular weight excluding hydrogens is 216 g/mol. The highest BCUT2D eigenvalue weighted by Crippen LogP contribution is 2.21. The van der Waals surface area contributed by atoms with Gasteiger partial charge in [0.15, 0.2) is 3.92 Å². The molecular formula is C5H7BrN2OS. The van der Waals surface area contributed by atoms with E-state index in [9.17, 15) is 0 Å². The fourth-order valence-electron chi connectivity index (χ4n) is 0.441. The Labute approximate surface area is 71.6 Å². The SMILES string of the molecule is CCCOc1nnc(Br)s1. The normalized spacial score (nSPS) is 9.80. The first-order valence-corrected chi connectivity index (χ1v) is 4.55. The number of ether oxygens (including phenoxy) is 1. The molecule has 0 aliphatic carbocycles. The molecule has 1 aromatic heterocycles. The van der Waals surface area contributed by atoms with Gasteiger partial charge in [0.2, 0.25) is 0 Å². The van der Waals surface area contributed by atoms with Gasteiger partial charge in [-0.2, -0.15) is 0 Å². The summed E-state index contributed by atoms with van der Waals surface area (Å²) in [5.74, 6) is 0. The van der Waals surface area contributed by atoms with Crippen LogP contribution < -0.4 is 4.74 Å². The average Bonchev–Trinajstić information content (AvgIpc) is 2.31. The maximum absolute atomic E-state index is 5.19. The van der Waals surface area contributed by atoms with Gasteiger partial charge in [0.05, 0.1) is 6.61 Å². The van der Waals surface area contributed by atoms with E-state index in [1.807, 2.05) is 0 Å². The summed E-state index contributed by atoms with van der Waals surface area (Å²) in [7, 11) is 0. The molecule has 10 heavy (non-hydrogen) atoms. The molecule has 0 spiro atoms. The lowest BCUT2D eigenvalue weighted by molar-refractivity contribution is 0.313. The van der Waals surface area contributed by atoms with Gasteiger partial charge in [0.25, 0.3) is 5.19 Å². The molecule has 0 radical (unpaired) electrons. The van der Waals surface area contributed by atoms with E-state index in [4.69, 9.17) is 4.74 Å². The maximum Gasteiger partial charge on any atom is 0.294 e. The number of aromatic nitrogens is 2. The molecule has 0 aromatic carbocycles. The van der Waals surface area contributed by atoms with E-state index < -0.39 is 0 Å². The monoisotopic (exact) mass is 222 g/mol. The highest BCUT2D eigenvalue weighted by molar-refractivity contribution is 9.11. The van der Waals surface area contributed by atoms with Crippen LogP contribution in [0.2, 0.25) is 0 Å². The fraction of sp³-hybridized carbons (Fsp3) is 0.600. The molecule has 0 saturated heterocycles. The van der Waals surface area contributed by atoms with Gasteiger partial charge >= 0.3 is 0 Å². The van der Waals surface area contributed by atoms with Crippen molar-refractivity contribution in [2.24, 2.45) is 0 Å². The summed E-state index contributed by atoms with van der Waals surface area (Å²) in [6.45, 7) is 2.76. The second kappa shape index (κ2) is 3.88. The van der Waals surface area contributed by atoms with Gasteiger partial charge in [-0.05, 0) is 33.7 Å². The molecule has 0 saturated carbocycles. The zero-order valence-corrected chi connectivity index (χ0v) is 7.91. The van der Waals surface area contributed by atoms with Crippen LogP contribution in [-0.4, -0.2) is 16.8 Å². The van der Waals surface area contributed by atoms with Gasteiger partial charge in [0, 0.05) is 0 Å². The summed E-state index contributed by atoms with van der Waals surface area (Å²) >= 11 is 4.59. The third-order valence-electron chi connectivity index (χ3n) is 0.811. The quantitative estimate of drug-likeness (QED) is 0.786. The number of hydrogen-bond acceptors (Lipinski definition) is 4. The van der Waals surface area contributed by atoms with Crippen LogP contribution >= 0.6 is 27.3 Å². The van der Waals surface area contributed by atoms with E-state index >= 15 is 0 Å². The van der Waals surface area contributed by atoms with Gasteiger partial charge < -0.3 is 4.74 Å². The Hall–Kier alpha value is -0.160. The van der Waals surface area contributed by atoms with Crippen molar-refractivity contribution in [2.45, 2.75) is 13.3 Å². The van der Waals surface area contributed by atoms with Crippen molar-refractivity contribution >= 4 is 27.3 Å². The van der Waals surface area contributed by atoms with Gasteiger partial charge in [-0.1, -0.05) is 12.0 Å². The van der Waals surface area contributed by atoms with Crippen molar-refractivity contribution in [1.29, 1.82) is 0 Å². The predicted octanol–water partition coefficient (Wildman–Crippen LogP) is 2.09. The number of rotatable bonds is 3. The van der Waals surface area contributed by atoms with Crippen LogP contribution in [0, 0.1) is 0 Å². The molecule has 0 aliphatic rings. The molecule has 0 bridgehead atoms. The molecule has 1 heterocycles. The van der Waals surface area contributed by atoms with Crippen molar-refractivity contribution < 1.29 is 4.74 Å². The Morgan fingerprint density at radius 3 is 2.90 bits per heavy atom. The Bertz CT molecular complexity index is 203. The first-order chi connectivity index (χ1) is 4.83. The van der Waals surface area contributed by atoms with E-state index in [0.717, 1.165) is 10.3 Å². The Balaban J connectivity index is 2.42. The summed E-state index contributed by atoms with van der Waals surface area (Å²) in [4.78, 5) is 0. The van der Waals surface area contributed by atoms with Gasteiger partial charge in [-0.25, -0.2) is 0 Å². The van der Waals surface area contributed by atoms with E-state index in [0.29, 0.717) is 11.8 Å². The Morgan fingerprint density at radius 2 is 2.40 bits per heavy atom. The lowest BCUT2D eigenvalue weighted by Gasteiger charge is -1.94. The first-order valence-electron chi connectivity index (χ1n) is 2.94. The van der Waals surface area contributed by atoms with Gasteiger partial charge in [0.1, 0.15) is 0 Å². The molecule has 5 heteroatoms. The summed E-state index contributed by atoms with van der Waals surface area (Å²) < 4.78 is 5.95. The lowest BCUT2D eigenvalue weighted by atomic mass is 10.5. The highest BCUT2D eigenvalue weighted by atomic mass is 79.9. The van der Waals surface area contributed by atoms with Crippen molar-refractivity contribution in [3.63, 3.8) is 0 Å². The van der Waals surface area contributed by atoms with Crippen molar-refractivity contribution in [2.75, 3.05) is 6.61 Å². The minimum absolute atomic E-state index is 0.633. The van der Waals surface area contributed by atoms with Gasteiger partial charge in [-0.15, -0.1) is 5.10 Å². The molecule has 0 amide bonds. The Kier molecular flexibility index (Phi) is 3.08. The van der Waals surface area contributed by atoms with E-state index in [2.05, 4.69) is 33.1 Å². The van der Waals surface area contributed by atoms with Crippen LogP contribution in [-0.2, 0) is 0 Å². The molecule has 56 valence electrons. The molecule has 0 N–H and O–H groups in total. The minimum Gasteiger partial charge on any atom is -0.469 e. The molecule has 0 atom stereocenters. The maximum atomic E-state index is 5.19. The smallest absolute Gasteiger partial charge is 0.294 e. The van der Waals surface area contributed by atoms with Crippen LogP contribution in [0.1, 0.15) is 13.3 Å². The van der Waals surface area contributed by atoms with E-state index in [-0.39, 0.29) is 0 Å². The van der Waals surface area contributed by atoms with Crippen LogP contribution in [0.25, 0.3) is 0 Å². The second-order valence-corrected chi connectivity index (χ2v) is 3.89. The second-order valence-electron chi connectivity index (χ2n) is 1.67. The summed E-state index contributed by atoms with van der Waals surface area (Å²) in [6.07, 6.45) is 0.997. The van der Waals surface area contributed by atoms with Crippen LogP contribution in [0.3, 0.4) is 0 Å². The fourth-order valence-corrected chi connectivity index (χ4v) is 1.39. The molecule has 1 rings (SSSR count). The third-order valence-corrected chi connectivity index (χ3v) is 2.08. The van der Waals surface area contributed by atoms with Crippen molar-refractivity contribution in [3.05, 3.63) is 3.92 Å². The van der Waals surface area contributed by atoms with Crippen molar-refractivity contribution in [1.82, 2.24) is 10.2 Å². The predicted molar refractivity (Wildman–Crippen MR) is 43.4 cm³/mol. The molecule has 3 nitrogen and oxygen atoms in total. The summed E-state index contributed by atoms with van der Waals surface area (Å²) in [5, 5.41) is 8.12. The first kappa shape index (κ1) is 7.94. The Morgan fingerprint density at radius 1 is 1.60 bits per heavy atom. The number of hydrogen-bond donors (Lipinski definition) is 0. The summed E-state index contributed by atoms with van der Waals surface area (Å²) in [5.41, 5.74) is 0. The topological polar surface area (TPSA) is 35.0 Å². The van der Waals surface area contributed by atoms with E-state index in [1.165, 1.54) is 11.3 Å². The number of halogens is 1. The van der Waals surface area contributed by atoms with E-state index in [1.54, 1.807) is 0 Å².